The van der Waals surface area contributed by atoms with Crippen LogP contribution in [0.4, 0.5) is 18.9 Å². The Labute approximate surface area is 265 Å². The molecule has 0 radical (unpaired) electrons. The second-order valence-electron chi connectivity index (χ2n) is 11.6. The summed E-state index contributed by atoms with van der Waals surface area (Å²) in [6, 6.07) is 19.6. The Morgan fingerprint density at radius 3 is 2.40 bits per heavy atom. The first kappa shape index (κ1) is 32.3. The molecule has 2 unspecified atom stereocenters. The molecule has 0 spiro atoms. The number of carbonyl (C=O) groups is 1. The van der Waals surface area contributed by atoms with Crippen molar-refractivity contribution >= 4 is 28.5 Å². The van der Waals surface area contributed by atoms with Crippen molar-refractivity contribution in [2.45, 2.75) is 59.2 Å². The number of alkyl halides is 3. The number of halogens is 3. The molecule has 11 heteroatoms. The summed E-state index contributed by atoms with van der Waals surface area (Å²) in [4.78, 5) is 24.3. The lowest BCUT2D eigenvalue weighted by atomic mass is 9.86. The second-order valence-corrected chi connectivity index (χ2v) is 12.7. The summed E-state index contributed by atoms with van der Waals surface area (Å²) in [5.41, 5.74) is 6.11. The van der Waals surface area contributed by atoms with Crippen molar-refractivity contribution in [3.05, 3.63) is 89.7 Å². The molecular formula is C34H36F3N5O2S. The van der Waals surface area contributed by atoms with Crippen LogP contribution in [0.1, 0.15) is 62.6 Å². The molecule has 1 amide bonds. The van der Waals surface area contributed by atoms with E-state index in [-0.39, 0.29) is 23.5 Å². The number of aliphatic imine (C=N–C) groups is 1. The van der Waals surface area contributed by atoms with E-state index in [9.17, 15) is 18.0 Å². The largest absolute Gasteiger partial charge is 0.573 e. The number of aromatic nitrogens is 3. The van der Waals surface area contributed by atoms with Crippen LogP contribution in [0.3, 0.4) is 0 Å². The maximum Gasteiger partial charge on any atom is 0.573 e. The van der Waals surface area contributed by atoms with E-state index >= 15 is 0 Å². The smallest absolute Gasteiger partial charge is 0.406 e. The Kier molecular flexibility index (Phi) is 9.67. The van der Waals surface area contributed by atoms with E-state index in [1.165, 1.54) is 46.4 Å². The molecule has 1 saturated heterocycles. The van der Waals surface area contributed by atoms with E-state index in [4.69, 9.17) is 0 Å². The molecule has 1 aliphatic rings. The predicted octanol–water partition coefficient (Wildman–Crippen LogP) is 8.53. The molecule has 45 heavy (non-hydrogen) atoms. The minimum atomic E-state index is -4.75. The summed E-state index contributed by atoms with van der Waals surface area (Å²) in [6.45, 7) is 11.5. The first-order chi connectivity index (χ1) is 21.4. The van der Waals surface area contributed by atoms with Crippen LogP contribution in [-0.2, 0) is 4.79 Å². The number of thioether (sulfide) groups is 1. The van der Waals surface area contributed by atoms with Gasteiger partial charge in [-0.1, -0.05) is 75.9 Å². The van der Waals surface area contributed by atoms with Gasteiger partial charge in [-0.15, -0.1) is 18.3 Å². The third kappa shape index (κ3) is 7.76. The van der Waals surface area contributed by atoms with Crippen LogP contribution in [0.25, 0.3) is 17.1 Å². The topological polar surface area (TPSA) is 72.6 Å². The monoisotopic (exact) mass is 635 g/mol. The van der Waals surface area contributed by atoms with Gasteiger partial charge in [0.2, 0.25) is 5.91 Å². The van der Waals surface area contributed by atoms with Crippen molar-refractivity contribution < 1.29 is 22.7 Å². The number of nitrogens with zero attached hydrogens (tertiary/aromatic N) is 5. The van der Waals surface area contributed by atoms with Gasteiger partial charge in [-0.25, -0.2) is 9.67 Å². The number of carbonyl (C=O) groups excluding carboxylic acids is 1. The van der Waals surface area contributed by atoms with E-state index < -0.39 is 6.36 Å². The number of ether oxygens (including phenoxy) is 1. The van der Waals surface area contributed by atoms with Gasteiger partial charge in [-0.3, -0.25) is 4.79 Å². The summed E-state index contributed by atoms with van der Waals surface area (Å²) in [7, 11) is 0. The summed E-state index contributed by atoms with van der Waals surface area (Å²) < 4.78 is 42.8. The molecule has 3 aromatic carbocycles. The zero-order chi connectivity index (χ0) is 32.3. The van der Waals surface area contributed by atoms with E-state index in [0.717, 1.165) is 34.3 Å². The standard InChI is InChI=1S/C34H36F3N5O2S/c1-21(2)31-22(3)7-6-8-29(31)41-17-18-45-33(41)39-30(43)19-23(4)24(5)25-9-11-26(12-10-25)32-38-20-42(40-32)27-13-15-28(16-14-27)44-34(35,36)37/h6-16,20-21,23-24H,17-19H2,1-5H3. The van der Waals surface area contributed by atoms with E-state index in [2.05, 4.69) is 77.5 Å². The number of amides is 1. The fourth-order valence-corrected chi connectivity index (χ4v) is 6.53. The zero-order valence-corrected chi connectivity index (χ0v) is 26.7. The van der Waals surface area contributed by atoms with Gasteiger partial charge in [0, 0.05) is 30.0 Å². The molecule has 236 valence electrons. The highest BCUT2D eigenvalue weighted by Crippen LogP contribution is 2.35. The summed E-state index contributed by atoms with van der Waals surface area (Å²) in [6.07, 6.45) is -2.90. The van der Waals surface area contributed by atoms with Crippen LogP contribution >= 0.6 is 11.8 Å². The van der Waals surface area contributed by atoms with Crippen molar-refractivity contribution in [1.82, 2.24) is 14.8 Å². The Hall–Kier alpha value is -4.12. The number of hydrogen-bond donors (Lipinski definition) is 0. The zero-order valence-electron chi connectivity index (χ0n) is 25.9. The summed E-state index contributed by atoms with van der Waals surface area (Å²) >= 11 is 1.63. The molecule has 0 N–H and O–H groups in total. The predicted molar refractivity (Wildman–Crippen MR) is 173 cm³/mol. The van der Waals surface area contributed by atoms with Gasteiger partial charge in [-0.05, 0) is 71.7 Å². The summed E-state index contributed by atoms with van der Waals surface area (Å²) in [5, 5.41) is 5.25. The number of aryl methyl sites for hydroxylation is 1. The molecule has 5 rings (SSSR count). The molecule has 4 aromatic rings. The highest BCUT2D eigenvalue weighted by Gasteiger charge is 2.31. The lowest BCUT2D eigenvalue weighted by Crippen LogP contribution is -2.26. The van der Waals surface area contributed by atoms with Gasteiger partial charge in [-0.2, -0.15) is 4.99 Å². The molecule has 1 aromatic heterocycles. The van der Waals surface area contributed by atoms with Gasteiger partial charge in [0.05, 0.1) is 5.69 Å². The Balaban J connectivity index is 1.22. The highest BCUT2D eigenvalue weighted by atomic mass is 32.2. The first-order valence-corrected chi connectivity index (χ1v) is 15.9. The molecule has 2 heterocycles. The number of amidine groups is 1. The lowest BCUT2D eigenvalue weighted by molar-refractivity contribution is -0.274. The van der Waals surface area contributed by atoms with E-state index in [1.807, 2.05) is 24.3 Å². The third-order valence-electron chi connectivity index (χ3n) is 8.04. The average Bonchev–Trinajstić information content (AvgIpc) is 3.66. The van der Waals surface area contributed by atoms with Crippen molar-refractivity contribution in [1.29, 1.82) is 0 Å². The van der Waals surface area contributed by atoms with Crippen LogP contribution in [0.2, 0.25) is 0 Å². The van der Waals surface area contributed by atoms with E-state index in [1.54, 1.807) is 11.8 Å². The molecule has 0 saturated carbocycles. The van der Waals surface area contributed by atoms with Crippen LogP contribution in [0.5, 0.6) is 5.75 Å². The van der Waals surface area contributed by atoms with Gasteiger partial charge in [0.25, 0.3) is 0 Å². The Morgan fingerprint density at radius 1 is 1.02 bits per heavy atom. The third-order valence-corrected chi connectivity index (χ3v) is 8.99. The first-order valence-electron chi connectivity index (χ1n) is 14.9. The molecule has 1 aliphatic heterocycles. The van der Waals surface area contributed by atoms with Crippen molar-refractivity contribution in [3.63, 3.8) is 0 Å². The van der Waals surface area contributed by atoms with Gasteiger partial charge >= 0.3 is 6.36 Å². The molecular weight excluding hydrogens is 599 g/mol. The highest BCUT2D eigenvalue weighted by molar-refractivity contribution is 8.14. The summed E-state index contributed by atoms with van der Waals surface area (Å²) in [5.74, 6) is 1.50. The number of benzene rings is 3. The van der Waals surface area contributed by atoms with Crippen molar-refractivity contribution in [3.8, 4) is 22.8 Å². The molecule has 2 atom stereocenters. The second kappa shape index (κ2) is 13.5. The van der Waals surface area contributed by atoms with Gasteiger partial charge < -0.3 is 9.64 Å². The van der Waals surface area contributed by atoms with Crippen molar-refractivity contribution in [2.24, 2.45) is 10.9 Å². The lowest BCUT2D eigenvalue weighted by Gasteiger charge is -2.25. The fourth-order valence-electron chi connectivity index (χ4n) is 5.56. The van der Waals surface area contributed by atoms with Crippen LogP contribution < -0.4 is 9.64 Å². The quantitative estimate of drug-likeness (QED) is 0.184. The number of anilines is 1. The SMILES string of the molecule is Cc1cccc(N2CCSC2=NC(=O)CC(C)C(C)c2ccc(-c3ncn(-c4ccc(OC(F)(F)F)cc4)n3)cc2)c1C(C)C. The number of rotatable bonds is 9. The Bertz CT molecular complexity index is 1670. The van der Waals surface area contributed by atoms with E-state index in [0.29, 0.717) is 23.9 Å². The molecule has 1 fully saturated rings. The van der Waals surface area contributed by atoms with Gasteiger partial charge in [0.1, 0.15) is 12.1 Å². The number of hydrogen-bond acceptors (Lipinski definition) is 5. The van der Waals surface area contributed by atoms with Crippen LogP contribution in [0.15, 0.2) is 78.0 Å². The molecule has 7 nitrogen and oxygen atoms in total. The van der Waals surface area contributed by atoms with Crippen LogP contribution in [0, 0.1) is 12.8 Å². The fraction of sp³-hybridized carbons (Fsp3) is 0.353. The maximum atomic E-state index is 13.1. The normalized spacial score (nSPS) is 15.9. The maximum absolute atomic E-state index is 13.1. The molecule has 0 aliphatic carbocycles. The molecule has 0 bridgehead atoms. The van der Waals surface area contributed by atoms with Crippen molar-refractivity contribution in [2.75, 3.05) is 17.2 Å². The average molecular weight is 636 g/mol. The minimum Gasteiger partial charge on any atom is -0.406 e. The Morgan fingerprint density at radius 2 is 1.73 bits per heavy atom. The van der Waals surface area contributed by atoms with Crippen LogP contribution in [-0.4, -0.2) is 44.5 Å². The minimum absolute atomic E-state index is 0.0689. The van der Waals surface area contributed by atoms with Gasteiger partial charge in [0.15, 0.2) is 11.0 Å².